The number of amides is 1. The van der Waals surface area contributed by atoms with Crippen LogP contribution < -0.4 is 4.74 Å². The lowest BCUT2D eigenvalue weighted by atomic mass is 10.2. The zero-order valence-corrected chi connectivity index (χ0v) is 16.3. The lowest BCUT2D eigenvalue weighted by Gasteiger charge is -2.25. The quantitative estimate of drug-likeness (QED) is 0.641. The van der Waals surface area contributed by atoms with Gasteiger partial charge in [0.25, 0.3) is 5.91 Å². The Hall–Kier alpha value is -1.84. The van der Waals surface area contributed by atoms with E-state index in [4.69, 9.17) is 16.3 Å². The second-order valence-electron chi connectivity index (χ2n) is 6.31. The molecule has 1 aliphatic rings. The first kappa shape index (κ1) is 20.9. The molecule has 0 spiro atoms. The van der Waals surface area contributed by atoms with Crippen molar-refractivity contribution in [2.75, 3.05) is 19.8 Å². The summed E-state index contributed by atoms with van der Waals surface area (Å²) in [7, 11) is 0. The third-order valence-corrected chi connectivity index (χ3v) is 5.22. The van der Waals surface area contributed by atoms with Crippen LogP contribution in [0.4, 0.5) is 13.2 Å². The molecule has 0 aliphatic carbocycles. The van der Waals surface area contributed by atoms with E-state index >= 15 is 0 Å². The number of carbonyl (C=O) groups is 1. The average Bonchev–Trinajstić information content (AvgIpc) is 3.32. The number of alkyl halides is 3. The first-order valence-electron chi connectivity index (χ1n) is 8.60. The summed E-state index contributed by atoms with van der Waals surface area (Å²) in [6, 6.07) is 5.11. The first-order valence-corrected chi connectivity index (χ1v) is 9.86. The van der Waals surface area contributed by atoms with Crippen LogP contribution in [0.15, 0.2) is 29.8 Å². The van der Waals surface area contributed by atoms with Crippen molar-refractivity contribution in [3.05, 3.63) is 45.2 Å². The molecule has 1 atom stereocenters. The van der Waals surface area contributed by atoms with Gasteiger partial charge in [-0.3, -0.25) is 4.79 Å². The van der Waals surface area contributed by atoms with Gasteiger partial charge in [0.05, 0.1) is 18.2 Å². The monoisotopic (exact) mass is 434 g/mol. The molecule has 1 fully saturated rings. The number of ether oxygens (including phenoxy) is 2. The zero-order chi connectivity index (χ0) is 20.1. The zero-order valence-electron chi connectivity index (χ0n) is 14.7. The van der Waals surface area contributed by atoms with Crippen LogP contribution in [0.5, 0.6) is 5.88 Å². The number of halogens is 4. The molecule has 1 unspecified atom stereocenters. The van der Waals surface area contributed by atoms with Crippen molar-refractivity contribution >= 4 is 28.8 Å². The van der Waals surface area contributed by atoms with E-state index in [1.807, 2.05) is 17.5 Å². The molecule has 2 aromatic heterocycles. The van der Waals surface area contributed by atoms with E-state index < -0.39 is 12.8 Å². The van der Waals surface area contributed by atoms with Crippen molar-refractivity contribution in [3.8, 4) is 5.88 Å². The highest BCUT2D eigenvalue weighted by atomic mass is 35.5. The Morgan fingerprint density at radius 1 is 1.46 bits per heavy atom. The minimum Gasteiger partial charge on any atom is -0.467 e. The molecule has 1 amide bonds. The minimum absolute atomic E-state index is 0.0401. The van der Waals surface area contributed by atoms with Crippen LogP contribution in [0, 0.1) is 0 Å². The molecule has 0 aromatic carbocycles. The van der Waals surface area contributed by atoms with Gasteiger partial charge < -0.3 is 14.4 Å². The van der Waals surface area contributed by atoms with Gasteiger partial charge in [0, 0.05) is 24.2 Å². The van der Waals surface area contributed by atoms with Gasteiger partial charge in [-0.2, -0.15) is 13.2 Å². The van der Waals surface area contributed by atoms with Crippen molar-refractivity contribution in [2.24, 2.45) is 0 Å². The number of aromatic nitrogens is 1. The fraction of sp³-hybridized carbons (Fsp3) is 0.444. The number of carbonyl (C=O) groups excluding carboxylic acids is 1. The SMILES string of the molecule is O=C(c1cnc(OCC(F)(F)F)c(Cl)c1)N(Cc1cccs1)CC1CCCO1. The predicted molar refractivity (Wildman–Crippen MR) is 98.8 cm³/mol. The third-order valence-electron chi connectivity index (χ3n) is 4.09. The van der Waals surface area contributed by atoms with E-state index in [9.17, 15) is 18.0 Å². The maximum absolute atomic E-state index is 13.0. The lowest BCUT2D eigenvalue weighted by Crippen LogP contribution is -2.36. The van der Waals surface area contributed by atoms with Gasteiger partial charge in [0.15, 0.2) is 6.61 Å². The van der Waals surface area contributed by atoms with E-state index in [1.54, 1.807) is 4.90 Å². The van der Waals surface area contributed by atoms with Gasteiger partial charge in [0.2, 0.25) is 5.88 Å². The second-order valence-corrected chi connectivity index (χ2v) is 7.75. The van der Waals surface area contributed by atoms with Gasteiger partial charge in [-0.05, 0) is 30.4 Å². The van der Waals surface area contributed by atoms with Crippen LogP contribution in [0.3, 0.4) is 0 Å². The Morgan fingerprint density at radius 3 is 2.89 bits per heavy atom. The van der Waals surface area contributed by atoms with Gasteiger partial charge in [-0.25, -0.2) is 4.98 Å². The van der Waals surface area contributed by atoms with E-state index in [0.717, 1.165) is 17.7 Å². The standard InChI is InChI=1S/C18H18ClF3N2O3S/c19-15-7-12(8-23-16(15)27-11-18(20,21)22)17(25)24(9-13-3-1-5-26-13)10-14-4-2-6-28-14/h2,4,6-8,13H,1,3,5,9-11H2. The summed E-state index contributed by atoms with van der Waals surface area (Å²) >= 11 is 7.51. The fourth-order valence-corrected chi connectivity index (χ4v) is 3.77. The Balaban J connectivity index is 1.74. The van der Waals surface area contributed by atoms with Crippen molar-refractivity contribution in [2.45, 2.75) is 31.7 Å². The molecular weight excluding hydrogens is 417 g/mol. The molecule has 1 aliphatic heterocycles. The summed E-state index contributed by atoms with van der Waals surface area (Å²) in [6.45, 7) is -0.0121. The van der Waals surface area contributed by atoms with Crippen LogP contribution in [0.25, 0.3) is 0 Å². The molecule has 1 saturated heterocycles. The maximum Gasteiger partial charge on any atom is 0.422 e. The first-order chi connectivity index (χ1) is 13.3. The van der Waals surface area contributed by atoms with Crippen molar-refractivity contribution in [1.82, 2.24) is 9.88 Å². The number of pyridine rings is 1. The molecule has 28 heavy (non-hydrogen) atoms. The highest BCUT2D eigenvalue weighted by molar-refractivity contribution is 7.09. The number of thiophene rings is 1. The normalized spacial score (nSPS) is 16.9. The number of hydrogen-bond donors (Lipinski definition) is 0. The number of rotatable bonds is 7. The second kappa shape index (κ2) is 9.11. The highest BCUT2D eigenvalue weighted by Gasteiger charge is 2.29. The molecule has 0 radical (unpaired) electrons. The van der Waals surface area contributed by atoms with Crippen LogP contribution in [0.1, 0.15) is 28.1 Å². The van der Waals surface area contributed by atoms with Crippen molar-refractivity contribution in [1.29, 1.82) is 0 Å². The number of hydrogen-bond acceptors (Lipinski definition) is 5. The molecule has 0 N–H and O–H groups in total. The third kappa shape index (κ3) is 5.83. The molecule has 0 saturated carbocycles. The fourth-order valence-electron chi connectivity index (χ4n) is 2.83. The largest absolute Gasteiger partial charge is 0.467 e. The number of nitrogens with zero attached hydrogens (tertiary/aromatic N) is 2. The molecule has 3 heterocycles. The molecule has 10 heteroatoms. The van der Waals surface area contributed by atoms with Crippen LogP contribution >= 0.6 is 22.9 Å². The Kier molecular flexibility index (Phi) is 6.79. The summed E-state index contributed by atoms with van der Waals surface area (Å²) in [6.07, 6.45) is -1.54. The molecule has 0 bridgehead atoms. The lowest BCUT2D eigenvalue weighted by molar-refractivity contribution is -0.154. The van der Waals surface area contributed by atoms with E-state index in [1.165, 1.54) is 23.6 Å². The molecule has 152 valence electrons. The van der Waals surface area contributed by atoms with Gasteiger partial charge in [-0.1, -0.05) is 17.7 Å². The molecule has 3 rings (SSSR count). The summed E-state index contributed by atoms with van der Waals surface area (Å²) in [5, 5.41) is 1.78. The minimum atomic E-state index is -4.50. The highest BCUT2D eigenvalue weighted by Crippen LogP contribution is 2.26. The van der Waals surface area contributed by atoms with Crippen LogP contribution in [0.2, 0.25) is 5.02 Å². The van der Waals surface area contributed by atoms with E-state index in [0.29, 0.717) is 19.7 Å². The van der Waals surface area contributed by atoms with E-state index in [2.05, 4.69) is 9.72 Å². The van der Waals surface area contributed by atoms with E-state index in [-0.39, 0.29) is 28.5 Å². The Bertz CT molecular complexity index is 796. The maximum atomic E-state index is 13.0. The smallest absolute Gasteiger partial charge is 0.422 e. The summed E-state index contributed by atoms with van der Waals surface area (Å²) in [5.41, 5.74) is 0.180. The molecule has 2 aromatic rings. The van der Waals surface area contributed by atoms with Gasteiger partial charge in [-0.15, -0.1) is 11.3 Å². The summed E-state index contributed by atoms with van der Waals surface area (Å²) < 4.78 is 47.1. The topological polar surface area (TPSA) is 51.7 Å². The predicted octanol–water partition coefficient (Wildman–Crippen LogP) is 4.56. The Morgan fingerprint density at radius 2 is 2.29 bits per heavy atom. The average molecular weight is 435 g/mol. The van der Waals surface area contributed by atoms with Crippen LogP contribution in [-0.4, -0.2) is 47.8 Å². The molecular formula is C18H18ClF3N2O3S. The van der Waals surface area contributed by atoms with Crippen LogP contribution in [-0.2, 0) is 11.3 Å². The summed E-state index contributed by atoms with van der Waals surface area (Å²) in [5.74, 6) is -0.680. The van der Waals surface area contributed by atoms with Crippen molar-refractivity contribution < 1.29 is 27.4 Å². The Labute approximate surface area is 169 Å². The molecule has 5 nitrogen and oxygen atoms in total. The van der Waals surface area contributed by atoms with Gasteiger partial charge >= 0.3 is 6.18 Å². The van der Waals surface area contributed by atoms with Crippen molar-refractivity contribution in [3.63, 3.8) is 0 Å². The summed E-state index contributed by atoms with van der Waals surface area (Å²) in [4.78, 5) is 19.4. The van der Waals surface area contributed by atoms with Gasteiger partial charge in [0.1, 0.15) is 5.02 Å².